The van der Waals surface area contributed by atoms with E-state index in [0.717, 1.165) is 44.9 Å². The smallest absolute Gasteiger partial charge is 0.193 e. The van der Waals surface area contributed by atoms with Crippen LogP contribution in [0.1, 0.15) is 37.9 Å². The van der Waals surface area contributed by atoms with Gasteiger partial charge in [-0.3, -0.25) is 9.69 Å². The Kier molecular flexibility index (Phi) is 6.10. The maximum atomic E-state index is 12.6. The maximum Gasteiger partial charge on any atom is 0.193 e. The minimum absolute atomic E-state index is 0.0367. The molecule has 2 heterocycles. The highest BCUT2D eigenvalue weighted by Gasteiger charge is 2.17. The van der Waals surface area contributed by atoms with E-state index >= 15 is 0 Å². The third-order valence-corrected chi connectivity index (χ3v) is 5.86. The monoisotopic (exact) mass is 370 g/mol. The molecule has 0 spiro atoms. The van der Waals surface area contributed by atoms with Crippen LogP contribution in [0.4, 0.5) is 0 Å². The molecule has 4 rings (SSSR count). The van der Waals surface area contributed by atoms with E-state index in [2.05, 4.69) is 10.2 Å². The number of hydrogen-bond donors (Lipinski definition) is 1. The molecule has 2 aliphatic rings. The lowest BCUT2D eigenvalue weighted by atomic mass is 9.86. The van der Waals surface area contributed by atoms with E-state index in [1.54, 1.807) is 6.07 Å². The van der Waals surface area contributed by atoms with Gasteiger partial charge in [0.2, 0.25) is 0 Å². The SMILES string of the molecule is O=c1cc(CC2CCCCC2)oc2c(OCCN3CCNCC3)cccc12. The molecule has 2 fully saturated rings. The highest BCUT2D eigenvalue weighted by molar-refractivity contribution is 5.82. The molecular weight excluding hydrogens is 340 g/mol. The van der Waals surface area contributed by atoms with Crippen LogP contribution in [0.15, 0.2) is 33.5 Å². The number of piperazine rings is 1. The third kappa shape index (κ3) is 4.71. The summed E-state index contributed by atoms with van der Waals surface area (Å²) in [6, 6.07) is 7.30. The van der Waals surface area contributed by atoms with E-state index in [9.17, 15) is 4.79 Å². The number of hydrogen-bond acceptors (Lipinski definition) is 5. The Morgan fingerprint density at radius 1 is 1.15 bits per heavy atom. The number of benzene rings is 1. The molecule has 0 unspecified atom stereocenters. The first kappa shape index (κ1) is 18.5. The van der Waals surface area contributed by atoms with Crippen molar-refractivity contribution >= 4 is 11.0 Å². The summed E-state index contributed by atoms with van der Waals surface area (Å²) in [5.74, 6) is 2.13. The molecule has 1 saturated heterocycles. The number of ether oxygens (including phenoxy) is 1. The Hall–Kier alpha value is -1.85. The zero-order valence-electron chi connectivity index (χ0n) is 16.0. The van der Waals surface area contributed by atoms with Crippen LogP contribution >= 0.6 is 0 Å². The second-order valence-electron chi connectivity index (χ2n) is 7.86. The highest BCUT2D eigenvalue weighted by Crippen LogP contribution is 2.29. The molecule has 146 valence electrons. The summed E-state index contributed by atoms with van der Waals surface area (Å²) in [5, 5.41) is 3.97. The fraction of sp³-hybridized carbons (Fsp3) is 0.591. The molecule has 1 aliphatic carbocycles. The van der Waals surface area contributed by atoms with Crippen molar-refractivity contribution in [2.45, 2.75) is 38.5 Å². The number of para-hydroxylation sites is 1. The molecule has 1 aromatic carbocycles. The van der Waals surface area contributed by atoms with Gasteiger partial charge in [-0.2, -0.15) is 0 Å². The number of fused-ring (bicyclic) bond motifs is 1. The summed E-state index contributed by atoms with van der Waals surface area (Å²) < 4.78 is 12.2. The van der Waals surface area contributed by atoms with Crippen LogP contribution in [0.3, 0.4) is 0 Å². The summed E-state index contributed by atoms with van der Waals surface area (Å²) in [6.07, 6.45) is 7.27. The van der Waals surface area contributed by atoms with E-state index in [-0.39, 0.29) is 5.43 Å². The summed E-state index contributed by atoms with van der Waals surface area (Å²) in [4.78, 5) is 15.0. The average molecular weight is 370 g/mol. The van der Waals surface area contributed by atoms with Gasteiger partial charge in [-0.15, -0.1) is 0 Å². The van der Waals surface area contributed by atoms with Crippen LogP contribution in [0.25, 0.3) is 11.0 Å². The third-order valence-electron chi connectivity index (χ3n) is 5.86. The summed E-state index contributed by atoms with van der Waals surface area (Å²) in [7, 11) is 0. The van der Waals surface area contributed by atoms with Crippen molar-refractivity contribution in [1.82, 2.24) is 10.2 Å². The Morgan fingerprint density at radius 2 is 1.96 bits per heavy atom. The number of nitrogens with zero attached hydrogens (tertiary/aromatic N) is 1. The van der Waals surface area contributed by atoms with E-state index in [1.807, 2.05) is 18.2 Å². The molecule has 5 nitrogen and oxygen atoms in total. The Bertz CT molecular complexity index is 805. The van der Waals surface area contributed by atoms with Crippen LogP contribution in [-0.2, 0) is 6.42 Å². The van der Waals surface area contributed by atoms with Crippen LogP contribution < -0.4 is 15.5 Å². The number of nitrogens with one attached hydrogen (secondary N) is 1. The van der Waals surface area contributed by atoms with E-state index in [0.29, 0.717) is 29.2 Å². The normalized spacial score (nSPS) is 19.4. The molecule has 0 amide bonds. The van der Waals surface area contributed by atoms with Gasteiger partial charge in [-0.1, -0.05) is 38.2 Å². The van der Waals surface area contributed by atoms with Gasteiger partial charge in [0, 0.05) is 45.2 Å². The molecule has 1 N–H and O–H groups in total. The molecule has 0 bridgehead atoms. The standard InChI is InChI=1S/C22H30N2O3/c25-20-16-18(15-17-5-2-1-3-6-17)27-22-19(20)7-4-8-21(22)26-14-13-24-11-9-23-10-12-24/h4,7-8,16-17,23H,1-3,5-6,9-15H2. The molecule has 27 heavy (non-hydrogen) atoms. The molecule has 0 atom stereocenters. The van der Waals surface area contributed by atoms with Crippen molar-refractivity contribution < 1.29 is 9.15 Å². The van der Waals surface area contributed by atoms with Gasteiger partial charge in [-0.05, 0) is 18.1 Å². The van der Waals surface area contributed by atoms with Crippen LogP contribution in [0.5, 0.6) is 5.75 Å². The quantitative estimate of drug-likeness (QED) is 0.846. The second-order valence-corrected chi connectivity index (χ2v) is 7.86. The fourth-order valence-corrected chi connectivity index (χ4v) is 4.31. The topological polar surface area (TPSA) is 54.7 Å². The second kappa shape index (κ2) is 8.89. The van der Waals surface area contributed by atoms with Crippen LogP contribution in [-0.4, -0.2) is 44.2 Å². The molecule has 2 aromatic rings. The van der Waals surface area contributed by atoms with Crippen molar-refractivity contribution in [1.29, 1.82) is 0 Å². The lowest BCUT2D eigenvalue weighted by Gasteiger charge is -2.26. The summed E-state index contributed by atoms with van der Waals surface area (Å²) >= 11 is 0. The minimum atomic E-state index is 0.0367. The largest absolute Gasteiger partial charge is 0.488 e. The van der Waals surface area contributed by atoms with Gasteiger partial charge in [0.25, 0.3) is 0 Å². The highest BCUT2D eigenvalue weighted by atomic mass is 16.5. The molecule has 1 aliphatic heterocycles. The first-order valence-corrected chi connectivity index (χ1v) is 10.4. The van der Waals surface area contributed by atoms with Gasteiger partial charge < -0.3 is 14.5 Å². The van der Waals surface area contributed by atoms with Gasteiger partial charge in [0.05, 0.1) is 5.39 Å². The zero-order chi connectivity index (χ0) is 18.5. The molecule has 1 aromatic heterocycles. The molecular formula is C22H30N2O3. The van der Waals surface area contributed by atoms with Crippen molar-refractivity contribution in [3.63, 3.8) is 0 Å². The Labute approximate surface area is 160 Å². The van der Waals surface area contributed by atoms with Gasteiger partial charge in [-0.25, -0.2) is 0 Å². The van der Waals surface area contributed by atoms with Gasteiger partial charge in [0.15, 0.2) is 16.8 Å². The first-order chi connectivity index (χ1) is 13.3. The predicted octanol–water partition coefficient (Wildman–Crippen LogP) is 3.20. The van der Waals surface area contributed by atoms with Crippen molar-refractivity contribution in [2.75, 3.05) is 39.3 Å². The molecule has 0 radical (unpaired) electrons. The minimum Gasteiger partial charge on any atom is -0.488 e. The van der Waals surface area contributed by atoms with Crippen LogP contribution in [0.2, 0.25) is 0 Å². The van der Waals surface area contributed by atoms with E-state index in [4.69, 9.17) is 9.15 Å². The van der Waals surface area contributed by atoms with Crippen molar-refractivity contribution in [3.8, 4) is 5.75 Å². The maximum absolute atomic E-state index is 12.6. The molecule has 1 saturated carbocycles. The average Bonchev–Trinajstić information content (AvgIpc) is 2.70. The summed E-state index contributed by atoms with van der Waals surface area (Å²) in [6.45, 7) is 5.68. The Balaban J connectivity index is 1.48. The molecule has 5 heteroatoms. The zero-order valence-corrected chi connectivity index (χ0v) is 16.0. The van der Waals surface area contributed by atoms with Gasteiger partial charge >= 0.3 is 0 Å². The first-order valence-electron chi connectivity index (χ1n) is 10.4. The van der Waals surface area contributed by atoms with Gasteiger partial charge in [0.1, 0.15) is 12.4 Å². The van der Waals surface area contributed by atoms with E-state index < -0.39 is 0 Å². The Morgan fingerprint density at radius 3 is 2.78 bits per heavy atom. The number of rotatable bonds is 6. The van der Waals surface area contributed by atoms with Crippen molar-refractivity contribution in [2.24, 2.45) is 5.92 Å². The fourth-order valence-electron chi connectivity index (χ4n) is 4.31. The van der Waals surface area contributed by atoms with E-state index in [1.165, 1.54) is 32.1 Å². The van der Waals surface area contributed by atoms with Crippen molar-refractivity contribution in [3.05, 3.63) is 40.2 Å². The summed E-state index contributed by atoms with van der Waals surface area (Å²) in [5.41, 5.74) is 0.644. The predicted molar refractivity (Wildman–Crippen MR) is 108 cm³/mol. The van der Waals surface area contributed by atoms with Crippen LogP contribution in [0, 0.1) is 5.92 Å². The lowest BCUT2D eigenvalue weighted by molar-refractivity contribution is 0.191. The lowest BCUT2D eigenvalue weighted by Crippen LogP contribution is -2.44.